The summed E-state index contributed by atoms with van der Waals surface area (Å²) in [5.41, 5.74) is -3.61. The van der Waals surface area contributed by atoms with E-state index >= 15 is 0 Å². The second-order valence-corrected chi connectivity index (χ2v) is 6.47. The van der Waals surface area contributed by atoms with Gasteiger partial charge in [-0.05, 0) is 55.1 Å². The predicted molar refractivity (Wildman–Crippen MR) is 93.7 cm³/mol. The van der Waals surface area contributed by atoms with Crippen LogP contribution in [0.4, 0.5) is 18.9 Å². The van der Waals surface area contributed by atoms with Crippen molar-refractivity contribution in [3.8, 4) is 0 Å². The molecule has 5 nitrogen and oxygen atoms in total. The third-order valence-electron chi connectivity index (χ3n) is 3.21. The van der Waals surface area contributed by atoms with Crippen LogP contribution < -0.4 is 5.32 Å². The second kappa shape index (κ2) is 8.72. The Hall–Kier alpha value is -2.81. The quantitative estimate of drug-likeness (QED) is 0.447. The van der Waals surface area contributed by atoms with Crippen molar-refractivity contribution in [2.75, 3.05) is 11.9 Å². The molecule has 1 amide bonds. The molecule has 2 aromatic rings. The summed E-state index contributed by atoms with van der Waals surface area (Å²) in [7, 11) is 0. The lowest BCUT2D eigenvalue weighted by molar-refractivity contribution is -0.119. The predicted octanol–water partition coefficient (Wildman–Crippen LogP) is 4.30. The first-order valence-electron chi connectivity index (χ1n) is 7.58. The zero-order chi connectivity index (χ0) is 20.0. The van der Waals surface area contributed by atoms with Gasteiger partial charge in [-0.2, -0.15) is 13.2 Å². The summed E-state index contributed by atoms with van der Waals surface area (Å²) < 4.78 is 41.6. The van der Waals surface area contributed by atoms with E-state index in [1.807, 2.05) is 0 Å². The van der Waals surface area contributed by atoms with Crippen molar-refractivity contribution in [2.45, 2.75) is 17.3 Å². The second-order valence-electron chi connectivity index (χ2n) is 5.33. The van der Waals surface area contributed by atoms with Crippen LogP contribution in [-0.4, -0.2) is 29.8 Å². The number of esters is 1. The molecular weight excluding hydrogens is 383 g/mol. The molecule has 0 spiro atoms. The molecule has 0 saturated heterocycles. The number of carbonyl (C=O) groups excluding carboxylic acids is 3. The maximum atomic E-state index is 12.3. The number of halogens is 3. The molecule has 2 aromatic carbocycles. The van der Waals surface area contributed by atoms with Crippen molar-refractivity contribution in [3.63, 3.8) is 0 Å². The van der Waals surface area contributed by atoms with Gasteiger partial charge in [-0.1, -0.05) is 12.1 Å². The summed E-state index contributed by atoms with van der Waals surface area (Å²) in [4.78, 5) is 34.9. The van der Waals surface area contributed by atoms with Crippen LogP contribution in [0.2, 0.25) is 0 Å². The zero-order valence-corrected chi connectivity index (χ0v) is 14.8. The molecule has 142 valence electrons. The Morgan fingerprint density at radius 1 is 1.04 bits per heavy atom. The van der Waals surface area contributed by atoms with Crippen LogP contribution in [0.15, 0.2) is 53.4 Å². The number of ketones is 1. The lowest BCUT2D eigenvalue weighted by Gasteiger charge is -2.08. The molecule has 1 N–H and O–H groups in total. The Morgan fingerprint density at radius 2 is 1.70 bits per heavy atom. The lowest BCUT2D eigenvalue weighted by atomic mass is 10.1. The van der Waals surface area contributed by atoms with Crippen molar-refractivity contribution in [1.82, 2.24) is 0 Å². The largest absolute Gasteiger partial charge is 0.452 e. The smallest absolute Gasteiger partial charge is 0.446 e. The zero-order valence-electron chi connectivity index (χ0n) is 14.0. The number of amides is 1. The van der Waals surface area contributed by atoms with Crippen LogP contribution in [0.5, 0.6) is 0 Å². The minimum Gasteiger partial charge on any atom is -0.452 e. The van der Waals surface area contributed by atoms with Gasteiger partial charge in [0.15, 0.2) is 12.4 Å². The number of ether oxygens (including phenoxy) is 1. The normalized spacial score (nSPS) is 11.0. The van der Waals surface area contributed by atoms with Gasteiger partial charge < -0.3 is 10.1 Å². The van der Waals surface area contributed by atoms with Crippen molar-refractivity contribution < 1.29 is 32.3 Å². The number of thioether (sulfide) groups is 1. The molecule has 0 fully saturated rings. The molecule has 0 heterocycles. The Kier molecular flexibility index (Phi) is 6.62. The molecule has 0 aliphatic heterocycles. The summed E-state index contributed by atoms with van der Waals surface area (Å²) in [6.07, 6.45) is 0. The standard InChI is InChI=1S/C18H14F3NO4S/c1-11(23)13-3-2-4-14(9-13)22-16(24)10-26-17(25)12-5-7-15(8-6-12)27-18(19,20)21/h2-9H,10H2,1H3,(H,22,24). The van der Waals surface area contributed by atoms with E-state index in [0.717, 1.165) is 12.1 Å². The fourth-order valence-corrected chi connectivity index (χ4v) is 2.56. The van der Waals surface area contributed by atoms with Gasteiger partial charge in [-0.25, -0.2) is 4.79 Å². The van der Waals surface area contributed by atoms with E-state index in [2.05, 4.69) is 5.32 Å². The van der Waals surface area contributed by atoms with Gasteiger partial charge in [0.25, 0.3) is 5.91 Å². The number of anilines is 1. The third kappa shape index (κ3) is 6.78. The fourth-order valence-electron chi connectivity index (χ4n) is 2.02. The highest BCUT2D eigenvalue weighted by Gasteiger charge is 2.29. The van der Waals surface area contributed by atoms with Crippen LogP contribution in [0.1, 0.15) is 27.6 Å². The summed E-state index contributed by atoms with van der Waals surface area (Å²) in [5, 5.41) is 2.48. The monoisotopic (exact) mass is 397 g/mol. The lowest BCUT2D eigenvalue weighted by Crippen LogP contribution is -2.21. The van der Waals surface area contributed by atoms with Gasteiger partial charge in [0.2, 0.25) is 0 Å². The van der Waals surface area contributed by atoms with Crippen LogP contribution in [-0.2, 0) is 9.53 Å². The number of hydrogen-bond donors (Lipinski definition) is 1. The minimum absolute atomic E-state index is 0.0212. The Morgan fingerprint density at radius 3 is 2.30 bits per heavy atom. The van der Waals surface area contributed by atoms with Crippen molar-refractivity contribution >= 4 is 35.1 Å². The molecular formula is C18H14F3NO4S. The van der Waals surface area contributed by atoms with Gasteiger partial charge in [-0.15, -0.1) is 0 Å². The molecule has 0 aliphatic carbocycles. The van der Waals surface area contributed by atoms with Gasteiger partial charge >= 0.3 is 11.5 Å². The Bertz CT molecular complexity index is 850. The highest BCUT2D eigenvalue weighted by Crippen LogP contribution is 2.36. The molecule has 0 radical (unpaired) electrons. The van der Waals surface area contributed by atoms with Crippen LogP contribution in [0, 0.1) is 0 Å². The summed E-state index contributed by atoms with van der Waals surface area (Å²) >= 11 is -0.296. The van der Waals surface area contributed by atoms with Crippen LogP contribution in [0.25, 0.3) is 0 Å². The van der Waals surface area contributed by atoms with Crippen molar-refractivity contribution in [1.29, 1.82) is 0 Å². The van der Waals surface area contributed by atoms with Crippen molar-refractivity contribution in [2.24, 2.45) is 0 Å². The minimum atomic E-state index is -4.42. The summed E-state index contributed by atoms with van der Waals surface area (Å²) in [5.74, 6) is -1.62. The van der Waals surface area contributed by atoms with E-state index in [1.54, 1.807) is 18.2 Å². The number of carbonyl (C=O) groups is 3. The van der Waals surface area contributed by atoms with Gasteiger partial charge in [0.1, 0.15) is 0 Å². The molecule has 0 atom stereocenters. The SMILES string of the molecule is CC(=O)c1cccc(NC(=O)COC(=O)c2ccc(SC(F)(F)F)cc2)c1. The average molecular weight is 397 g/mol. The number of nitrogens with one attached hydrogen (secondary N) is 1. The molecule has 27 heavy (non-hydrogen) atoms. The molecule has 0 unspecified atom stereocenters. The first kappa shape index (κ1) is 20.5. The molecule has 0 aromatic heterocycles. The maximum Gasteiger partial charge on any atom is 0.446 e. The van der Waals surface area contributed by atoms with Gasteiger partial charge in [-0.3, -0.25) is 9.59 Å². The fraction of sp³-hybridized carbons (Fsp3) is 0.167. The number of benzene rings is 2. The number of rotatable bonds is 6. The number of Topliss-reactive ketones (excluding diaryl/α,β-unsaturated/α-hetero) is 1. The first-order chi connectivity index (χ1) is 12.6. The molecule has 0 saturated carbocycles. The third-order valence-corrected chi connectivity index (χ3v) is 3.95. The average Bonchev–Trinajstić information content (AvgIpc) is 2.59. The van der Waals surface area contributed by atoms with E-state index in [9.17, 15) is 27.6 Å². The molecule has 0 bridgehead atoms. The molecule has 2 rings (SSSR count). The summed E-state index contributed by atoms with van der Waals surface area (Å²) in [6.45, 7) is 0.809. The first-order valence-corrected chi connectivity index (χ1v) is 8.39. The Labute approximate surface area is 156 Å². The van der Waals surface area contributed by atoms with Crippen LogP contribution in [0.3, 0.4) is 0 Å². The van der Waals surface area contributed by atoms with Crippen LogP contribution >= 0.6 is 11.8 Å². The van der Waals surface area contributed by atoms with E-state index in [-0.39, 0.29) is 28.0 Å². The topological polar surface area (TPSA) is 72.5 Å². The number of alkyl halides is 3. The van der Waals surface area contributed by atoms with E-state index in [0.29, 0.717) is 11.3 Å². The Balaban J connectivity index is 1.88. The van der Waals surface area contributed by atoms with E-state index < -0.39 is 24.0 Å². The summed E-state index contributed by atoms with van der Waals surface area (Å²) in [6, 6.07) is 10.9. The highest BCUT2D eigenvalue weighted by atomic mass is 32.2. The van der Waals surface area contributed by atoms with E-state index in [1.165, 1.54) is 25.1 Å². The number of hydrogen-bond acceptors (Lipinski definition) is 5. The van der Waals surface area contributed by atoms with Gasteiger partial charge in [0.05, 0.1) is 5.56 Å². The van der Waals surface area contributed by atoms with E-state index in [4.69, 9.17) is 4.74 Å². The van der Waals surface area contributed by atoms with Gasteiger partial charge in [0, 0.05) is 16.1 Å². The maximum absolute atomic E-state index is 12.3. The molecule has 9 heteroatoms. The van der Waals surface area contributed by atoms with Crippen molar-refractivity contribution in [3.05, 3.63) is 59.7 Å². The molecule has 0 aliphatic rings. The highest BCUT2D eigenvalue weighted by molar-refractivity contribution is 8.00.